The van der Waals surface area contributed by atoms with Gasteiger partial charge in [0.1, 0.15) is 5.82 Å². The fraction of sp³-hybridized carbons (Fsp3) is 0.727. The Kier molecular flexibility index (Phi) is 9.28. The molecule has 1 aromatic rings. The van der Waals surface area contributed by atoms with Gasteiger partial charge < -0.3 is 9.74 Å². The van der Waals surface area contributed by atoms with Crippen molar-refractivity contribution in [1.29, 1.82) is 0 Å². The third-order valence-corrected chi connectivity index (χ3v) is 11.9. The van der Waals surface area contributed by atoms with E-state index in [1.165, 1.54) is 44.2 Å². The zero-order chi connectivity index (χ0) is 20.8. The summed E-state index contributed by atoms with van der Waals surface area (Å²) in [4.78, 5) is 0. The second-order valence-corrected chi connectivity index (χ2v) is 14.2. The van der Waals surface area contributed by atoms with Crippen molar-refractivity contribution in [3.63, 3.8) is 0 Å². The number of halogens is 3. The molecular weight excluding hydrogens is 412 g/mol. The monoisotopic (exact) mass is 447 g/mol. The summed E-state index contributed by atoms with van der Waals surface area (Å²) in [7, 11) is -1.88. The molecule has 1 atom stereocenters. The Labute approximate surface area is 181 Å². The van der Waals surface area contributed by atoms with E-state index in [-0.39, 0.29) is 6.10 Å². The molecule has 1 saturated carbocycles. The highest BCUT2D eigenvalue weighted by Gasteiger charge is 2.34. The molecule has 0 aliphatic heterocycles. The second kappa shape index (κ2) is 10.8. The van der Waals surface area contributed by atoms with Gasteiger partial charge in [-0.1, -0.05) is 70.2 Å². The van der Waals surface area contributed by atoms with Crippen molar-refractivity contribution in [2.45, 2.75) is 84.0 Å². The van der Waals surface area contributed by atoms with Gasteiger partial charge in [-0.15, -0.1) is 0 Å². The standard InChI is InChI=1S/C22H36Cl2FNOSi/c1-5-28(6-2,7-3)27-20(21-18(23)13-17(25)14-19(21)24)15-26-16-22(4)11-9-8-10-12-22/h13-14,20,26H,5-12,15-16H2,1-4H3. The average Bonchev–Trinajstić information content (AvgIpc) is 2.65. The van der Waals surface area contributed by atoms with E-state index >= 15 is 0 Å². The summed E-state index contributed by atoms with van der Waals surface area (Å²) < 4.78 is 20.5. The lowest BCUT2D eigenvalue weighted by molar-refractivity contribution is 0.163. The van der Waals surface area contributed by atoms with Crippen LogP contribution in [0.25, 0.3) is 0 Å². The van der Waals surface area contributed by atoms with E-state index in [1.807, 2.05) is 0 Å². The van der Waals surface area contributed by atoms with Crippen molar-refractivity contribution in [3.05, 3.63) is 33.6 Å². The smallest absolute Gasteiger partial charge is 0.192 e. The minimum atomic E-state index is -1.88. The van der Waals surface area contributed by atoms with Gasteiger partial charge in [-0.05, 0) is 48.5 Å². The molecule has 0 spiro atoms. The van der Waals surface area contributed by atoms with Crippen LogP contribution in [0.2, 0.25) is 28.2 Å². The fourth-order valence-corrected chi connectivity index (χ4v) is 7.96. The maximum atomic E-state index is 13.7. The van der Waals surface area contributed by atoms with Crippen LogP contribution in [-0.4, -0.2) is 21.4 Å². The zero-order valence-electron chi connectivity index (χ0n) is 17.8. The van der Waals surface area contributed by atoms with E-state index in [0.717, 1.165) is 30.2 Å². The SMILES string of the molecule is CC[Si](CC)(CC)OC(CNCC1(C)CCCCC1)c1c(Cl)cc(F)cc1Cl. The highest BCUT2D eigenvalue weighted by atomic mass is 35.5. The van der Waals surface area contributed by atoms with E-state index < -0.39 is 14.1 Å². The maximum absolute atomic E-state index is 13.7. The van der Waals surface area contributed by atoms with E-state index in [0.29, 0.717) is 22.0 Å². The molecule has 2 nitrogen and oxygen atoms in total. The van der Waals surface area contributed by atoms with Gasteiger partial charge >= 0.3 is 0 Å². The quantitative estimate of drug-likeness (QED) is 0.369. The molecule has 0 radical (unpaired) electrons. The Morgan fingerprint density at radius 1 is 1.07 bits per heavy atom. The number of rotatable bonds is 10. The summed E-state index contributed by atoms with van der Waals surface area (Å²) in [6.45, 7) is 10.6. The van der Waals surface area contributed by atoms with Crippen molar-refractivity contribution in [3.8, 4) is 0 Å². The van der Waals surface area contributed by atoms with Crippen LogP contribution in [0.4, 0.5) is 4.39 Å². The lowest BCUT2D eigenvalue weighted by Gasteiger charge is -2.37. The van der Waals surface area contributed by atoms with Gasteiger partial charge in [0.2, 0.25) is 0 Å². The highest BCUT2D eigenvalue weighted by molar-refractivity contribution is 6.73. The molecule has 6 heteroatoms. The van der Waals surface area contributed by atoms with Gasteiger partial charge in [0.15, 0.2) is 8.32 Å². The molecular formula is C22H36Cl2FNOSi. The van der Waals surface area contributed by atoms with Crippen LogP contribution >= 0.6 is 23.2 Å². The normalized spacial score (nSPS) is 18.2. The van der Waals surface area contributed by atoms with Crippen molar-refractivity contribution in [2.24, 2.45) is 5.41 Å². The molecule has 1 unspecified atom stereocenters. The molecule has 0 saturated heterocycles. The Morgan fingerprint density at radius 2 is 1.61 bits per heavy atom. The van der Waals surface area contributed by atoms with Crippen LogP contribution in [0.1, 0.15) is 71.5 Å². The Bertz CT molecular complexity index is 602. The van der Waals surface area contributed by atoms with Gasteiger partial charge in [-0.2, -0.15) is 0 Å². The van der Waals surface area contributed by atoms with E-state index in [4.69, 9.17) is 27.6 Å². The molecule has 1 fully saturated rings. The summed E-state index contributed by atoms with van der Waals surface area (Å²) >= 11 is 12.9. The van der Waals surface area contributed by atoms with Crippen LogP contribution in [0, 0.1) is 11.2 Å². The first kappa shape index (κ1) is 24.1. The number of hydrogen-bond acceptors (Lipinski definition) is 2. The van der Waals surface area contributed by atoms with Crippen LogP contribution < -0.4 is 5.32 Å². The van der Waals surface area contributed by atoms with Crippen LogP contribution in [0.3, 0.4) is 0 Å². The topological polar surface area (TPSA) is 21.3 Å². The molecule has 1 aromatic carbocycles. The Balaban J connectivity index is 2.21. The predicted octanol–water partition coefficient (Wildman–Crippen LogP) is 7.76. The van der Waals surface area contributed by atoms with Gasteiger partial charge in [0.25, 0.3) is 0 Å². The fourth-order valence-electron chi connectivity index (χ4n) is 4.45. The summed E-state index contributed by atoms with van der Waals surface area (Å²) in [6, 6.07) is 5.82. The molecule has 0 amide bonds. The number of benzene rings is 1. The first-order valence-electron chi connectivity index (χ1n) is 10.8. The minimum absolute atomic E-state index is 0.251. The summed E-state index contributed by atoms with van der Waals surface area (Å²) in [5.74, 6) is -0.412. The average molecular weight is 449 g/mol. The molecule has 160 valence electrons. The minimum Gasteiger partial charge on any atom is -0.409 e. The Hall–Kier alpha value is -0.133. The van der Waals surface area contributed by atoms with Gasteiger partial charge in [-0.3, -0.25) is 0 Å². The summed E-state index contributed by atoms with van der Waals surface area (Å²) in [5, 5.41) is 4.35. The van der Waals surface area contributed by atoms with Crippen molar-refractivity contribution in [2.75, 3.05) is 13.1 Å². The molecule has 0 aromatic heterocycles. The molecule has 28 heavy (non-hydrogen) atoms. The largest absolute Gasteiger partial charge is 0.409 e. The van der Waals surface area contributed by atoms with Gasteiger partial charge in [-0.25, -0.2) is 4.39 Å². The van der Waals surface area contributed by atoms with Crippen LogP contribution in [0.15, 0.2) is 12.1 Å². The molecule has 2 rings (SSSR count). The first-order valence-corrected chi connectivity index (χ1v) is 14.1. The van der Waals surface area contributed by atoms with Crippen LogP contribution in [0.5, 0.6) is 0 Å². The van der Waals surface area contributed by atoms with E-state index in [1.54, 1.807) is 0 Å². The van der Waals surface area contributed by atoms with Crippen molar-refractivity contribution >= 4 is 31.5 Å². The molecule has 0 heterocycles. The van der Waals surface area contributed by atoms with Gasteiger partial charge in [0.05, 0.1) is 16.1 Å². The van der Waals surface area contributed by atoms with Crippen molar-refractivity contribution in [1.82, 2.24) is 5.32 Å². The van der Waals surface area contributed by atoms with E-state index in [2.05, 4.69) is 33.0 Å². The molecule has 1 aliphatic carbocycles. The molecule has 1 aliphatic rings. The Morgan fingerprint density at radius 3 is 2.11 bits per heavy atom. The highest BCUT2D eigenvalue weighted by Crippen LogP contribution is 2.38. The molecule has 0 bridgehead atoms. The third kappa shape index (κ3) is 6.18. The first-order chi connectivity index (χ1) is 13.3. The predicted molar refractivity (Wildman–Crippen MR) is 122 cm³/mol. The number of hydrogen-bond donors (Lipinski definition) is 1. The summed E-state index contributed by atoms with van der Waals surface area (Å²) in [5.41, 5.74) is 1.06. The second-order valence-electron chi connectivity index (χ2n) is 8.64. The summed E-state index contributed by atoms with van der Waals surface area (Å²) in [6.07, 6.45) is 6.25. The van der Waals surface area contributed by atoms with Crippen molar-refractivity contribution < 1.29 is 8.82 Å². The molecule has 1 N–H and O–H groups in total. The number of nitrogens with one attached hydrogen (secondary N) is 1. The lowest BCUT2D eigenvalue weighted by Crippen LogP contribution is -2.42. The third-order valence-electron chi connectivity index (χ3n) is 6.63. The van der Waals surface area contributed by atoms with E-state index in [9.17, 15) is 4.39 Å². The maximum Gasteiger partial charge on any atom is 0.192 e. The van der Waals surface area contributed by atoms with Gasteiger partial charge in [0, 0.05) is 18.7 Å². The zero-order valence-corrected chi connectivity index (χ0v) is 20.4. The lowest BCUT2D eigenvalue weighted by atomic mass is 9.76. The van der Waals surface area contributed by atoms with Crippen LogP contribution in [-0.2, 0) is 4.43 Å².